The molecule has 3 aromatic rings. The number of carbonyl (C=O) groups is 3. The molecule has 3 rings (SSSR count). The smallest absolute Gasteiger partial charge is 0.414 e. The molecular weight excluding hydrogens is 474 g/mol. The van der Waals surface area contributed by atoms with Crippen LogP contribution in [0.25, 0.3) is 0 Å². The van der Waals surface area contributed by atoms with Crippen molar-refractivity contribution in [3.05, 3.63) is 76.4 Å². The Bertz CT molecular complexity index is 1200. The lowest BCUT2D eigenvalue weighted by atomic mass is 10.1. The Hall–Kier alpha value is -3.69. The van der Waals surface area contributed by atoms with Crippen molar-refractivity contribution in [2.24, 2.45) is 0 Å². The molecule has 1 amide bonds. The van der Waals surface area contributed by atoms with Gasteiger partial charge in [0, 0.05) is 31.5 Å². The maximum Gasteiger partial charge on any atom is 0.414 e. The van der Waals surface area contributed by atoms with Gasteiger partial charge >= 0.3 is 12.1 Å². The molecule has 1 heterocycles. The molecule has 0 aliphatic rings. The molecule has 0 bridgehead atoms. The number of nitrogens with zero attached hydrogens (tertiary/aromatic N) is 3. The Morgan fingerprint density at radius 3 is 2.40 bits per heavy atom. The lowest BCUT2D eigenvalue weighted by molar-refractivity contribution is 0.0716. The first-order valence-corrected chi connectivity index (χ1v) is 11.4. The van der Waals surface area contributed by atoms with Crippen molar-refractivity contribution in [3.63, 3.8) is 0 Å². The number of anilines is 1. The Kier molecular flexibility index (Phi) is 8.99. The second-order valence-corrected chi connectivity index (χ2v) is 7.69. The molecule has 0 aliphatic carbocycles. The molecule has 0 atom stereocenters. The van der Waals surface area contributed by atoms with E-state index >= 15 is 0 Å². The zero-order valence-corrected chi connectivity index (χ0v) is 20.4. The number of carbonyl (C=O) groups excluding carboxylic acids is 3. The topological polar surface area (TPSA) is 100.0 Å². The third kappa shape index (κ3) is 6.06. The van der Waals surface area contributed by atoms with E-state index in [-0.39, 0.29) is 35.2 Å². The normalized spacial score (nSPS) is 10.6. The van der Waals surface area contributed by atoms with Gasteiger partial charge in [0.2, 0.25) is 11.7 Å². The number of halogens is 1. The average molecular weight is 500 g/mol. The van der Waals surface area contributed by atoms with E-state index in [2.05, 4.69) is 5.10 Å². The van der Waals surface area contributed by atoms with E-state index in [0.717, 1.165) is 0 Å². The van der Waals surface area contributed by atoms with Crippen LogP contribution in [0.15, 0.2) is 54.7 Å². The predicted octanol–water partition coefficient (Wildman–Crippen LogP) is 4.62. The third-order valence-corrected chi connectivity index (χ3v) is 5.41. The minimum atomic E-state index is -0.609. The fraction of sp³-hybridized carbons (Fsp3) is 0.280. The molecule has 0 spiro atoms. The van der Waals surface area contributed by atoms with Crippen LogP contribution >= 0.6 is 11.6 Å². The number of hydrogen-bond acceptors (Lipinski definition) is 7. The van der Waals surface area contributed by atoms with Gasteiger partial charge < -0.3 is 14.2 Å². The van der Waals surface area contributed by atoms with Gasteiger partial charge in [0.15, 0.2) is 0 Å². The number of aryl methyl sites for hydroxylation is 1. The summed E-state index contributed by atoms with van der Waals surface area (Å²) in [5, 5.41) is 4.30. The van der Waals surface area contributed by atoms with Gasteiger partial charge in [-0.15, -0.1) is 0 Å². The lowest BCUT2D eigenvalue weighted by Gasteiger charge is -2.21. The van der Waals surface area contributed by atoms with Gasteiger partial charge in [-0.3, -0.25) is 9.69 Å². The van der Waals surface area contributed by atoms with Crippen molar-refractivity contribution in [3.8, 4) is 5.88 Å². The zero-order chi connectivity index (χ0) is 25.4. The SMILES string of the molecule is CCN(C(=O)OCCOC)c1ccc(C(=O)c2cnn(CC)c2OC(=O)c2ccccc2)c(Cl)c1. The summed E-state index contributed by atoms with van der Waals surface area (Å²) in [6.07, 6.45) is 0.786. The maximum atomic E-state index is 13.3. The molecule has 0 fully saturated rings. The first-order valence-electron chi connectivity index (χ1n) is 11.0. The number of methoxy groups -OCH3 is 1. The van der Waals surface area contributed by atoms with Gasteiger partial charge in [-0.1, -0.05) is 29.8 Å². The summed E-state index contributed by atoms with van der Waals surface area (Å²) in [7, 11) is 1.51. The van der Waals surface area contributed by atoms with E-state index < -0.39 is 17.8 Å². The van der Waals surface area contributed by atoms with Crippen LogP contribution in [-0.4, -0.2) is 54.5 Å². The second-order valence-electron chi connectivity index (χ2n) is 7.28. The summed E-state index contributed by atoms with van der Waals surface area (Å²) in [6.45, 7) is 4.71. The first kappa shape index (κ1) is 25.9. The molecule has 0 N–H and O–H groups in total. The van der Waals surface area contributed by atoms with Crippen LogP contribution in [0, 0.1) is 0 Å². The highest BCUT2D eigenvalue weighted by Gasteiger charge is 2.25. The standard InChI is InChI=1S/C25H26ClN3O6/c1-4-28(25(32)34-14-13-33-3)18-11-12-19(21(26)15-18)22(30)20-16-27-29(5-2)23(20)35-24(31)17-9-7-6-8-10-17/h6-12,15-16H,4-5,13-14H2,1-3H3. The van der Waals surface area contributed by atoms with Gasteiger partial charge in [-0.25, -0.2) is 14.3 Å². The number of rotatable bonds is 10. The highest BCUT2D eigenvalue weighted by atomic mass is 35.5. The van der Waals surface area contributed by atoms with Crippen molar-refractivity contribution >= 4 is 35.1 Å². The molecule has 0 saturated heterocycles. The Labute approximate surface area is 208 Å². The van der Waals surface area contributed by atoms with Crippen LogP contribution in [0.4, 0.5) is 10.5 Å². The molecule has 1 aromatic heterocycles. The number of amides is 1. The summed E-state index contributed by atoms with van der Waals surface area (Å²) in [4.78, 5) is 39.7. The Morgan fingerprint density at radius 2 is 1.77 bits per heavy atom. The summed E-state index contributed by atoms with van der Waals surface area (Å²) < 4.78 is 17.0. The molecule has 0 radical (unpaired) electrons. The van der Waals surface area contributed by atoms with Crippen molar-refractivity contribution < 1.29 is 28.6 Å². The van der Waals surface area contributed by atoms with E-state index in [1.54, 1.807) is 43.3 Å². The van der Waals surface area contributed by atoms with Gasteiger partial charge in [-0.05, 0) is 44.2 Å². The Balaban J connectivity index is 1.86. The van der Waals surface area contributed by atoms with Crippen LogP contribution < -0.4 is 9.64 Å². The number of esters is 1. The van der Waals surface area contributed by atoms with E-state index in [1.165, 1.54) is 35.0 Å². The summed E-state index contributed by atoms with van der Waals surface area (Å²) >= 11 is 6.45. The largest absolute Gasteiger partial charge is 0.447 e. The number of aromatic nitrogens is 2. The number of hydrogen-bond donors (Lipinski definition) is 0. The average Bonchev–Trinajstić information content (AvgIpc) is 3.27. The van der Waals surface area contributed by atoms with Gasteiger partial charge in [0.05, 0.1) is 23.4 Å². The molecule has 9 nitrogen and oxygen atoms in total. The van der Waals surface area contributed by atoms with Crippen LogP contribution in [0.1, 0.15) is 40.1 Å². The molecule has 0 unspecified atom stereocenters. The third-order valence-electron chi connectivity index (χ3n) is 5.09. The van der Waals surface area contributed by atoms with Crippen molar-refractivity contribution in [2.75, 3.05) is 31.8 Å². The van der Waals surface area contributed by atoms with E-state index in [1.807, 2.05) is 6.92 Å². The quantitative estimate of drug-likeness (QED) is 0.228. The molecule has 0 aliphatic heterocycles. The summed E-state index contributed by atoms with van der Waals surface area (Å²) in [5.74, 6) is -1.05. The van der Waals surface area contributed by atoms with E-state index in [4.69, 9.17) is 25.8 Å². The number of ether oxygens (including phenoxy) is 3. The highest BCUT2D eigenvalue weighted by molar-refractivity contribution is 6.35. The highest BCUT2D eigenvalue weighted by Crippen LogP contribution is 2.29. The van der Waals surface area contributed by atoms with Crippen LogP contribution in [0.2, 0.25) is 5.02 Å². The van der Waals surface area contributed by atoms with Gasteiger partial charge in [-0.2, -0.15) is 5.10 Å². The molecule has 2 aromatic carbocycles. The van der Waals surface area contributed by atoms with Crippen molar-refractivity contribution in [1.29, 1.82) is 0 Å². The molecular formula is C25H26ClN3O6. The predicted molar refractivity (Wildman–Crippen MR) is 130 cm³/mol. The van der Waals surface area contributed by atoms with E-state index in [0.29, 0.717) is 24.3 Å². The first-order chi connectivity index (χ1) is 16.9. The summed E-state index contributed by atoms with van der Waals surface area (Å²) in [6, 6.07) is 13.1. The molecule has 184 valence electrons. The number of ketones is 1. The summed E-state index contributed by atoms with van der Waals surface area (Å²) in [5.41, 5.74) is 1.08. The van der Waals surface area contributed by atoms with Crippen LogP contribution in [-0.2, 0) is 16.0 Å². The van der Waals surface area contributed by atoms with Crippen molar-refractivity contribution in [2.45, 2.75) is 20.4 Å². The van der Waals surface area contributed by atoms with Gasteiger partial charge in [0.25, 0.3) is 0 Å². The monoisotopic (exact) mass is 499 g/mol. The van der Waals surface area contributed by atoms with Crippen LogP contribution in [0.3, 0.4) is 0 Å². The fourth-order valence-electron chi connectivity index (χ4n) is 3.29. The second kappa shape index (κ2) is 12.1. The molecule has 0 saturated carbocycles. The number of benzene rings is 2. The zero-order valence-electron chi connectivity index (χ0n) is 19.7. The fourth-order valence-corrected chi connectivity index (χ4v) is 3.55. The molecule has 10 heteroatoms. The van der Waals surface area contributed by atoms with E-state index in [9.17, 15) is 14.4 Å². The minimum Gasteiger partial charge on any atom is -0.447 e. The minimum absolute atomic E-state index is 0.0309. The Morgan fingerprint density at radius 1 is 1.03 bits per heavy atom. The lowest BCUT2D eigenvalue weighted by Crippen LogP contribution is -2.32. The molecule has 35 heavy (non-hydrogen) atoms. The maximum absolute atomic E-state index is 13.3. The van der Waals surface area contributed by atoms with Gasteiger partial charge in [0.1, 0.15) is 12.2 Å². The van der Waals surface area contributed by atoms with Crippen LogP contribution in [0.5, 0.6) is 5.88 Å². The van der Waals surface area contributed by atoms with Crippen molar-refractivity contribution in [1.82, 2.24) is 9.78 Å².